The van der Waals surface area contributed by atoms with Gasteiger partial charge in [-0.05, 0) is 74.5 Å². The monoisotopic (exact) mass is 568 g/mol. The number of aromatic nitrogens is 3. The number of aromatic carboxylic acids is 1. The van der Waals surface area contributed by atoms with Crippen molar-refractivity contribution in [2.45, 2.75) is 39.0 Å². The van der Waals surface area contributed by atoms with Gasteiger partial charge in [0.15, 0.2) is 0 Å². The number of nitrogens with zero attached hydrogens (tertiary/aromatic N) is 4. The predicted molar refractivity (Wildman–Crippen MR) is 156 cm³/mol. The third-order valence-electron chi connectivity index (χ3n) is 7.91. The summed E-state index contributed by atoms with van der Waals surface area (Å²) in [5, 5.41) is 9.52. The van der Waals surface area contributed by atoms with E-state index < -0.39 is 11.8 Å². The van der Waals surface area contributed by atoms with Crippen molar-refractivity contribution < 1.29 is 23.4 Å². The van der Waals surface area contributed by atoms with Gasteiger partial charge in [0.05, 0.1) is 22.3 Å². The molecular weight excluding hydrogens is 538 g/mol. The number of likely N-dealkylation sites (tertiary alicyclic amines) is 1. The molecule has 0 unspecified atom stereocenters. The Labute approximate surface area is 242 Å². The quantitative estimate of drug-likeness (QED) is 0.226. The summed E-state index contributed by atoms with van der Waals surface area (Å²) in [5.41, 5.74) is 4.44. The van der Waals surface area contributed by atoms with Gasteiger partial charge in [-0.25, -0.2) is 23.5 Å². The van der Waals surface area contributed by atoms with E-state index in [1.165, 1.54) is 12.1 Å². The van der Waals surface area contributed by atoms with Crippen molar-refractivity contribution in [1.82, 2.24) is 19.4 Å². The van der Waals surface area contributed by atoms with Gasteiger partial charge in [-0.1, -0.05) is 30.3 Å². The van der Waals surface area contributed by atoms with Crippen molar-refractivity contribution in [3.05, 3.63) is 113 Å². The molecule has 9 heteroatoms. The Morgan fingerprint density at radius 1 is 1.00 bits per heavy atom. The largest absolute Gasteiger partial charge is 0.478 e. The normalized spacial score (nSPS) is 15.1. The van der Waals surface area contributed by atoms with Gasteiger partial charge in [-0.2, -0.15) is 0 Å². The molecule has 0 saturated carbocycles. The highest BCUT2D eigenvalue weighted by atomic mass is 19.1. The van der Waals surface area contributed by atoms with Gasteiger partial charge in [-0.3, -0.25) is 0 Å². The van der Waals surface area contributed by atoms with Crippen molar-refractivity contribution >= 4 is 17.0 Å². The summed E-state index contributed by atoms with van der Waals surface area (Å²) in [5.74, 6) is -0.741. The molecule has 7 nitrogen and oxygen atoms in total. The van der Waals surface area contributed by atoms with E-state index in [1.54, 1.807) is 54.6 Å². The number of likely N-dealkylation sites (N-methyl/N-ethyl adjacent to an activating group) is 1. The van der Waals surface area contributed by atoms with E-state index in [1.807, 2.05) is 17.6 Å². The maximum Gasteiger partial charge on any atom is 0.335 e. The topological polar surface area (TPSA) is 80.5 Å². The smallest absolute Gasteiger partial charge is 0.335 e. The zero-order chi connectivity index (χ0) is 29.4. The van der Waals surface area contributed by atoms with Gasteiger partial charge in [0.1, 0.15) is 24.1 Å². The zero-order valence-electron chi connectivity index (χ0n) is 23.3. The molecule has 0 radical (unpaired) electrons. The van der Waals surface area contributed by atoms with Crippen LogP contribution in [0.1, 0.15) is 39.3 Å². The number of carboxylic acid groups (broad SMARTS) is 1. The first-order chi connectivity index (χ1) is 20.2. The molecule has 1 saturated heterocycles. The summed E-state index contributed by atoms with van der Waals surface area (Å²) in [6, 6.07) is 20.3. The Hall–Kier alpha value is -4.63. The van der Waals surface area contributed by atoms with Crippen LogP contribution in [0, 0.1) is 18.6 Å². The van der Waals surface area contributed by atoms with Crippen LogP contribution in [0.3, 0.4) is 0 Å². The Kier molecular flexibility index (Phi) is 7.43. The minimum atomic E-state index is -1.00. The molecular formula is C33H30F2N4O3. The molecule has 6 rings (SSSR count). The second-order valence-electron chi connectivity index (χ2n) is 10.8. The van der Waals surface area contributed by atoms with E-state index in [2.05, 4.69) is 16.9 Å². The molecule has 3 heterocycles. The fraction of sp³-hybridized carbons (Fsp3) is 0.242. The first-order valence-corrected chi connectivity index (χ1v) is 13.8. The molecule has 0 bridgehead atoms. The summed E-state index contributed by atoms with van der Waals surface area (Å²) < 4.78 is 37.5. The van der Waals surface area contributed by atoms with Crippen LogP contribution >= 0.6 is 0 Å². The predicted octanol–water partition coefficient (Wildman–Crippen LogP) is 6.26. The molecule has 1 fully saturated rings. The van der Waals surface area contributed by atoms with Gasteiger partial charge in [-0.15, -0.1) is 0 Å². The van der Waals surface area contributed by atoms with Gasteiger partial charge in [0.2, 0.25) is 5.88 Å². The van der Waals surface area contributed by atoms with Crippen LogP contribution in [0.2, 0.25) is 0 Å². The van der Waals surface area contributed by atoms with Gasteiger partial charge in [0, 0.05) is 36.2 Å². The summed E-state index contributed by atoms with van der Waals surface area (Å²) in [6.45, 7) is 3.51. The Morgan fingerprint density at radius 2 is 1.81 bits per heavy atom. The third-order valence-corrected chi connectivity index (χ3v) is 7.91. The van der Waals surface area contributed by atoms with Crippen molar-refractivity contribution in [3.63, 3.8) is 0 Å². The van der Waals surface area contributed by atoms with E-state index in [4.69, 9.17) is 9.72 Å². The summed E-state index contributed by atoms with van der Waals surface area (Å²) in [4.78, 5) is 23.1. The minimum Gasteiger partial charge on any atom is -0.478 e. The molecule has 1 N–H and O–H groups in total. The van der Waals surface area contributed by atoms with E-state index in [9.17, 15) is 14.3 Å². The second kappa shape index (κ2) is 11.3. The van der Waals surface area contributed by atoms with E-state index in [0.717, 1.165) is 24.0 Å². The van der Waals surface area contributed by atoms with Crippen LogP contribution in [0.4, 0.5) is 8.78 Å². The fourth-order valence-electron chi connectivity index (χ4n) is 5.25. The lowest BCUT2D eigenvalue weighted by molar-refractivity contribution is 0.0697. The summed E-state index contributed by atoms with van der Waals surface area (Å²) >= 11 is 0. The summed E-state index contributed by atoms with van der Waals surface area (Å²) in [6.07, 6.45) is 1.28. The SMILES string of the molecule is Cc1ccc(COc2cccc(-c3ccc(Cc4nc5ccc(C(=O)O)cc5n4C[C@@H]4CCN4C)c(F)c3)n2)c(F)c1. The average molecular weight is 569 g/mol. The maximum atomic E-state index is 15.5. The number of benzene rings is 3. The van der Waals surface area contributed by atoms with E-state index >= 15 is 4.39 Å². The number of hydrogen-bond donors (Lipinski definition) is 1. The van der Waals surface area contributed by atoms with Crippen molar-refractivity contribution in [2.24, 2.45) is 0 Å². The van der Waals surface area contributed by atoms with Crippen molar-refractivity contribution in [2.75, 3.05) is 13.6 Å². The number of fused-ring (bicyclic) bond motifs is 1. The molecule has 2 aromatic heterocycles. The molecule has 1 aliphatic rings. The minimum absolute atomic E-state index is 0.0292. The van der Waals surface area contributed by atoms with Crippen molar-refractivity contribution in [3.8, 4) is 17.1 Å². The van der Waals surface area contributed by atoms with Crippen molar-refractivity contribution in [1.29, 1.82) is 0 Å². The number of imidazole rings is 1. The average Bonchev–Trinajstić information content (AvgIpc) is 3.31. The lowest BCUT2D eigenvalue weighted by atomic mass is 10.0. The molecule has 0 aliphatic carbocycles. The number of pyridine rings is 1. The number of ether oxygens (including phenoxy) is 1. The molecule has 1 atom stereocenters. The Bertz CT molecular complexity index is 1800. The van der Waals surface area contributed by atoms with Crippen LogP contribution in [0.15, 0.2) is 72.8 Å². The lowest BCUT2D eigenvalue weighted by Crippen LogP contribution is -2.47. The first kappa shape index (κ1) is 27.5. The number of hydrogen-bond acceptors (Lipinski definition) is 5. The highest BCUT2D eigenvalue weighted by molar-refractivity contribution is 5.92. The first-order valence-electron chi connectivity index (χ1n) is 13.8. The van der Waals surface area contributed by atoms with Crippen LogP contribution in [0.25, 0.3) is 22.3 Å². The maximum absolute atomic E-state index is 15.5. The molecule has 214 valence electrons. The molecule has 0 spiro atoms. The Morgan fingerprint density at radius 3 is 2.52 bits per heavy atom. The van der Waals surface area contributed by atoms with Crippen LogP contribution < -0.4 is 4.74 Å². The van der Waals surface area contributed by atoms with Crippen LogP contribution in [-0.4, -0.2) is 50.1 Å². The van der Waals surface area contributed by atoms with E-state index in [0.29, 0.717) is 52.2 Å². The number of carboxylic acids is 1. The zero-order valence-corrected chi connectivity index (χ0v) is 23.3. The van der Waals surface area contributed by atoms with Gasteiger partial charge in [0.25, 0.3) is 0 Å². The summed E-state index contributed by atoms with van der Waals surface area (Å²) in [7, 11) is 2.06. The lowest BCUT2D eigenvalue weighted by Gasteiger charge is -2.38. The molecule has 0 amide bonds. The molecule has 1 aliphatic heterocycles. The Balaban J connectivity index is 1.24. The number of rotatable bonds is 9. The standard InChI is InChI=1S/C33H30F2N4O3/c1-20-6-7-24(26(34)14-20)19-42-32-5-3-4-28(37-32)22-9-8-21(27(35)15-22)17-31-36-29-11-10-23(33(40)41)16-30(29)39(31)18-25-12-13-38(25)2/h3-11,14-16,25H,12-13,17-19H2,1-2H3,(H,40,41)/t25-/m0/s1. The molecule has 3 aromatic carbocycles. The third kappa shape index (κ3) is 5.60. The number of carbonyl (C=O) groups is 1. The number of halogens is 2. The molecule has 5 aromatic rings. The highest BCUT2D eigenvalue weighted by Crippen LogP contribution is 2.27. The fourth-order valence-corrected chi connectivity index (χ4v) is 5.25. The van der Waals surface area contributed by atoms with E-state index in [-0.39, 0.29) is 24.4 Å². The molecule has 42 heavy (non-hydrogen) atoms. The van der Waals surface area contributed by atoms with Crippen LogP contribution in [0.5, 0.6) is 5.88 Å². The van der Waals surface area contributed by atoms with Crippen LogP contribution in [-0.2, 0) is 19.6 Å². The highest BCUT2D eigenvalue weighted by Gasteiger charge is 2.26. The van der Waals surface area contributed by atoms with Gasteiger partial charge < -0.3 is 19.3 Å². The van der Waals surface area contributed by atoms with Gasteiger partial charge >= 0.3 is 5.97 Å². The number of aryl methyl sites for hydroxylation is 1. The second-order valence-corrected chi connectivity index (χ2v) is 10.8.